The molecule has 4 nitrogen and oxygen atoms in total. The third-order valence-electron chi connectivity index (χ3n) is 5.75. The van der Waals surface area contributed by atoms with Crippen molar-refractivity contribution < 1.29 is 19.4 Å². The smallest absolute Gasteiger partial charge is 0.305 e. The van der Waals surface area contributed by atoms with Crippen LogP contribution in [-0.2, 0) is 14.3 Å². The molecule has 0 atom stereocenters. The van der Waals surface area contributed by atoms with Crippen molar-refractivity contribution in [1.82, 2.24) is 0 Å². The lowest BCUT2D eigenvalue weighted by Gasteiger charge is -2.04. The van der Waals surface area contributed by atoms with Crippen molar-refractivity contribution >= 4 is 5.97 Å². The number of esters is 1. The van der Waals surface area contributed by atoms with Gasteiger partial charge >= 0.3 is 5.97 Å². The fourth-order valence-corrected chi connectivity index (χ4v) is 3.78. The molecule has 0 rings (SSSR count). The molecule has 4 heteroatoms. The molecule has 0 radical (unpaired) electrons. The highest BCUT2D eigenvalue weighted by Crippen LogP contribution is 2.14. The van der Waals surface area contributed by atoms with Gasteiger partial charge in [0.05, 0.1) is 6.61 Å². The summed E-state index contributed by atoms with van der Waals surface area (Å²) < 4.78 is 9.67. The van der Waals surface area contributed by atoms with Gasteiger partial charge in [0.15, 0.2) is 0 Å². The largest absolute Gasteiger partial charge is 0.463 e. The van der Waals surface area contributed by atoms with Gasteiger partial charge in [0.2, 0.25) is 0 Å². The Morgan fingerprint density at radius 1 is 0.562 bits per heavy atom. The predicted octanol–water partition coefficient (Wildman–Crippen LogP) is 8.39. The van der Waals surface area contributed by atoms with Crippen molar-refractivity contribution in [3.8, 4) is 0 Å². The molecule has 0 aliphatic carbocycles. The van der Waals surface area contributed by atoms with Crippen LogP contribution in [0.2, 0.25) is 0 Å². The van der Waals surface area contributed by atoms with Crippen LogP contribution in [0, 0.1) is 0 Å². The summed E-state index contributed by atoms with van der Waals surface area (Å²) in [6, 6.07) is 0. The zero-order valence-electron chi connectivity index (χ0n) is 22.1. The molecule has 0 unspecified atom stereocenters. The highest BCUT2D eigenvalue weighted by atomic mass is 16.5. The van der Waals surface area contributed by atoms with E-state index >= 15 is 0 Å². The summed E-state index contributed by atoms with van der Waals surface area (Å²) in [5, 5.41) is 8.57. The Morgan fingerprint density at radius 3 is 1.19 bits per heavy atom. The molecule has 0 spiro atoms. The molecule has 0 aromatic heterocycles. The molecule has 0 aromatic carbocycles. The van der Waals surface area contributed by atoms with Crippen molar-refractivity contribution in [2.75, 3.05) is 26.4 Å². The fraction of sp³-hybridized carbons (Fsp3) is 0.964. The molecular weight excluding hydrogens is 400 g/mol. The zero-order chi connectivity index (χ0) is 24.0. The van der Waals surface area contributed by atoms with Gasteiger partial charge in [-0.15, -0.1) is 0 Å². The SMILES string of the molecule is CCCCCCCCCCCCCCCCCCCCCC(=O)OCCO.CCOCC. The average molecular weight is 459 g/mol. The van der Waals surface area contributed by atoms with E-state index in [1.54, 1.807) is 0 Å². The monoisotopic (exact) mass is 458 g/mol. The molecule has 1 N–H and O–H groups in total. The number of unbranched alkanes of at least 4 members (excludes halogenated alkanes) is 18. The van der Waals surface area contributed by atoms with Gasteiger partial charge in [-0.05, 0) is 20.3 Å². The topological polar surface area (TPSA) is 55.8 Å². The van der Waals surface area contributed by atoms with Crippen LogP contribution in [0.15, 0.2) is 0 Å². The van der Waals surface area contributed by atoms with Crippen molar-refractivity contribution in [3.05, 3.63) is 0 Å². The second kappa shape index (κ2) is 32.6. The van der Waals surface area contributed by atoms with Crippen LogP contribution >= 0.6 is 0 Å². The molecule has 0 heterocycles. The molecule has 0 amide bonds. The minimum atomic E-state index is -0.170. The van der Waals surface area contributed by atoms with Crippen LogP contribution < -0.4 is 0 Å². The molecule has 0 fully saturated rings. The Bertz CT molecular complexity index is 331. The minimum Gasteiger partial charge on any atom is -0.463 e. The molecule has 0 aliphatic heterocycles. The molecule has 32 heavy (non-hydrogen) atoms. The summed E-state index contributed by atoms with van der Waals surface area (Å²) in [6.07, 6.45) is 26.3. The quantitative estimate of drug-likeness (QED) is 0.116. The maximum Gasteiger partial charge on any atom is 0.305 e. The van der Waals surface area contributed by atoms with E-state index in [0.717, 1.165) is 26.1 Å². The van der Waals surface area contributed by atoms with E-state index < -0.39 is 0 Å². The summed E-state index contributed by atoms with van der Waals surface area (Å²) in [5.74, 6) is -0.170. The molecule has 0 aromatic rings. The first-order valence-electron chi connectivity index (χ1n) is 14.1. The summed E-state index contributed by atoms with van der Waals surface area (Å²) in [4.78, 5) is 11.3. The van der Waals surface area contributed by atoms with Crippen molar-refractivity contribution in [2.45, 2.75) is 149 Å². The minimum absolute atomic E-state index is 0.0784. The predicted molar refractivity (Wildman–Crippen MR) is 138 cm³/mol. The zero-order valence-corrected chi connectivity index (χ0v) is 22.1. The summed E-state index contributed by atoms with van der Waals surface area (Å²) >= 11 is 0. The summed E-state index contributed by atoms with van der Waals surface area (Å²) in [5.41, 5.74) is 0. The Balaban J connectivity index is 0. The van der Waals surface area contributed by atoms with E-state index in [0.29, 0.717) is 6.42 Å². The number of rotatable bonds is 24. The van der Waals surface area contributed by atoms with E-state index in [2.05, 4.69) is 6.92 Å². The summed E-state index contributed by atoms with van der Waals surface area (Å²) in [7, 11) is 0. The summed E-state index contributed by atoms with van der Waals surface area (Å²) in [6.45, 7) is 8.01. The molecular formula is C28H58O4. The Hall–Kier alpha value is -0.610. The number of aliphatic hydroxyl groups excluding tert-OH is 1. The highest BCUT2D eigenvalue weighted by molar-refractivity contribution is 5.69. The van der Waals surface area contributed by atoms with E-state index in [1.807, 2.05) is 13.8 Å². The first-order chi connectivity index (χ1) is 15.7. The van der Waals surface area contributed by atoms with Crippen LogP contribution in [0.5, 0.6) is 0 Å². The maximum absolute atomic E-state index is 11.3. The van der Waals surface area contributed by atoms with Crippen molar-refractivity contribution in [1.29, 1.82) is 0 Å². The first-order valence-corrected chi connectivity index (χ1v) is 14.1. The molecule has 0 aliphatic rings. The lowest BCUT2D eigenvalue weighted by atomic mass is 10.0. The van der Waals surface area contributed by atoms with Gasteiger partial charge < -0.3 is 14.6 Å². The molecule has 194 valence electrons. The van der Waals surface area contributed by atoms with Crippen LogP contribution in [-0.4, -0.2) is 37.5 Å². The third kappa shape index (κ3) is 34.0. The standard InChI is InChI=1S/C24H48O3.C4H10O/c1-2-3-4-5-6-7-8-9-10-11-12-13-14-15-16-17-18-19-20-21-24(26)27-23-22-25;1-3-5-4-2/h25H,2-23H2,1H3;3-4H2,1-2H3. The molecule has 0 saturated carbocycles. The van der Waals surface area contributed by atoms with Crippen LogP contribution in [0.3, 0.4) is 0 Å². The lowest BCUT2D eigenvalue weighted by molar-refractivity contribution is -0.144. The second-order valence-electron chi connectivity index (χ2n) is 8.84. The Labute approximate surface area is 201 Å². The van der Waals surface area contributed by atoms with Gasteiger partial charge in [-0.25, -0.2) is 0 Å². The second-order valence-corrected chi connectivity index (χ2v) is 8.84. The number of hydrogen-bond acceptors (Lipinski definition) is 4. The third-order valence-corrected chi connectivity index (χ3v) is 5.75. The molecule has 0 saturated heterocycles. The van der Waals surface area contributed by atoms with E-state index in [9.17, 15) is 4.79 Å². The van der Waals surface area contributed by atoms with Gasteiger partial charge in [0.25, 0.3) is 0 Å². The number of carbonyl (C=O) groups is 1. The Kier molecular flexibility index (Phi) is 34.2. The van der Waals surface area contributed by atoms with E-state index in [4.69, 9.17) is 14.6 Å². The average Bonchev–Trinajstić information content (AvgIpc) is 2.80. The van der Waals surface area contributed by atoms with Gasteiger partial charge in [-0.1, -0.05) is 122 Å². The first kappa shape index (κ1) is 33.6. The lowest BCUT2D eigenvalue weighted by Crippen LogP contribution is -2.07. The van der Waals surface area contributed by atoms with E-state index in [-0.39, 0.29) is 19.2 Å². The number of aliphatic hydroxyl groups is 1. The normalized spacial score (nSPS) is 10.6. The molecule has 0 bridgehead atoms. The highest BCUT2D eigenvalue weighted by Gasteiger charge is 2.01. The maximum atomic E-state index is 11.3. The fourth-order valence-electron chi connectivity index (χ4n) is 3.78. The van der Waals surface area contributed by atoms with Crippen LogP contribution in [0.25, 0.3) is 0 Å². The van der Waals surface area contributed by atoms with Crippen LogP contribution in [0.1, 0.15) is 149 Å². The number of hydrogen-bond donors (Lipinski definition) is 1. The number of ether oxygens (including phenoxy) is 2. The van der Waals surface area contributed by atoms with Crippen molar-refractivity contribution in [3.63, 3.8) is 0 Å². The van der Waals surface area contributed by atoms with E-state index in [1.165, 1.54) is 109 Å². The van der Waals surface area contributed by atoms with Crippen molar-refractivity contribution in [2.24, 2.45) is 0 Å². The van der Waals surface area contributed by atoms with Gasteiger partial charge in [-0.2, -0.15) is 0 Å². The number of carbonyl (C=O) groups excluding carboxylic acids is 1. The van der Waals surface area contributed by atoms with Gasteiger partial charge in [0, 0.05) is 19.6 Å². The Morgan fingerprint density at radius 2 is 0.906 bits per heavy atom. The van der Waals surface area contributed by atoms with Crippen LogP contribution in [0.4, 0.5) is 0 Å². The van der Waals surface area contributed by atoms with Gasteiger partial charge in [0.1, 0.15) is 6.61 Å². The van der Waals surface area contributed by atoms with Gasteiger partial charge in [-0.3, -0.25) is 4.79 Å².